The van der Waals surface area contributed by atoms with E-state index in [1.165, 1.54) is 7.11 Å². The summed E-state index contributed by atoms with van der Waals surface area (Å²) in [7, 11) is 3.07. The summed E-state index contributed by atoms with van der Waals surface area (Å²) in [5, 5.41) is 8.33. The van der Waals surface area contributed by atoms with Crippen LogP contribution in [-0.4, -0.2) is 36.8 Å². The van der Waals surface area contributed by atoms with E-state index in [4.69, 9.17) is 14.6 Å². The molecule has 24 heavy (non-hydrogen) atoms. The van der Waals surface area contributed by atoms with Crippen LogP contribution in [0.25, 0.3) is 0 Å². The third kappa shape index (κ3) is 4.52. The number of hydrogen-bond donors (Lipinski definition) is 1. The van der Waals surface area contributed by atoms with Crippen molar-refractivity contribution in [3.05, 3.63) is 59.7 Å². The zero-order valence-electron chi connectivity index (χ0n) is 13.4. The van der Waals surface area contributed by atoms with Crippen molar-refractivity contribution in [3.8, 4) is 11.5 Å². The van der Waals surface area contributed by atoms with Gasteiger partial charge in [-0.25, -0.2) is 0 Å². The highest BCUT2D eigenvalue weighted by molar-refractivity contribution is 8.00. The summed E-state index contributed by atoms with van der Waals surface area (Å²) < 4.78 is 10.3. The summed E-state index contributed by atoms with van der Waals surface area (Å²) >= 11 is 1.07. The quantitative estimate of drug-likeness (QED) is 0.738. The van der Waals surface area contributed by atoms with Gasteiger partial charge in [-0.3, -0.25) is 9.59 Å². The van der Waals surface area contributed by atoms with Crippen molar-refractivity contribution in [2.45, 2.75) is 5.25 Å². The molecule has 1 unspecified atom stereocenters. The molecule has 126 valence electrons. The Hall–Kier alpha value is -2.47. The van der Waals surface area contributed by atoms with Gasteiger partial charge in [-0.15, -0.1) is 11.8 Å². The highest BCUT2D eigenvalue weighted by Crippen LogP contribution is 2.34. The fourth-order valence-corrected chi connectivity index (χ4v) is 3.15. The van der Waals surface area contributed by atoms with E-state index in [0.29, 0.717) is 22.6 Å². The zero-order chi connectivity index (χ0) is 17.5. The maximum absolute atomic E-state index is 12.9. The Morgan fingerprint density at radius 2 is 1.67 bits per heavy atom. The number of ketones is 1. The first-order chi connectivity index (χ1) is 11.5. The van der Waals surface area contributed by atoms with Gasteiger partial charge in [0.05, 0.1) is 25.2 Å². The van der Waals surface area contributed by atoms with E-state index in [0.717, 1.165) is 11.8 Å². The minimum Gasteiger partial charge on any atom is -0.497 e. The second-order valence-corrected chi connectivity index (χ2v) is 6.05. The van der Waals surface area contributed by atoms with Gasteiger partial charge in [-0.05, 0) is 29.8 Å². The molecule has 1 atom stereocenters. The Balaban J connectivity index is 2.36. The van der Waals surface area contributed by atoms with Crippen molar-refractivity contribution in [2.24, 2.45) is 0 Å². The largest absolute Gasteiger partial charge is 0.497 e. The van der Waals surface area contributed by atoms with Gasteiger partial charge in [0.25, 0.3) is 0 Å². The third-order valence-corrected chi connectivity index (χ3v) is 4.60. The number of ether oxygens (including phenoxy) is 2. The number of thioether (sulfide) groups is 1. The Morgan fingerprint density at radius 1 is 1.04 bits per heavy atom. The number of Topliss-reactive ketones (excluding diaryl/α,β-unsaturated/α-hetero) is 1. The number of aliphatic carboxylic acids is 1. The van der Waals surface area contributed by atoms with E-state index in [1.54, 1.807) is 55.6 Å². The topological polar surface area (TPSA) is 72.8 Å². The molecule has 0 aliphatic heterocycles. The molecule has 2 rings (SSSR count). The Kier molecular flexibility index (Phi) is 6.26. The van der Waals surface area contributed by atoms with Gasteiger partial charge in [0.15, 0.2) is 5.78 Å². The molecule has 1 N–H and O–H groups in total. The smallest absolute Gasteiger partial charge is 0.313 e. The maximum Gasteiger partial charge on any atom is 0.313 e. The SMILES string of the molecule is COc1cccc(C(=O)C(SCC(=O)O)c2cccc(OC)c2)c1. The summed E-state index contributed by atoms with van der Waals surface area (Å²) in [6.07, 6.45) is 0. The molecule has 6 heteroatoms. The molecule has 0 aliphatic rings. The number of carboxylic acid groups (broad SMARTS) is 1. The molecule has 2 aromatic carbocycles. The van der Waals surface area contributed by atoms with Crippen molar-refractivity contribution < 1.29 is 24.2 Å². The lowest BCUT2D eigenvalue weighted by molar-refractivity contribution is -0.133. The lowest BCUT2D eigenvalue weighted by Crippen LogP contribution is -2.13. The van der Waals surface area contributed by atoms with E-state index in [-0.39, 0.29) is 11.5 Å². The molecular formula is C18H18O5S. The normalized spacial score (nSPS) is 11.6. The van der Waals surface area contributed by atoms with Crippen LogP contribution in [0.5, 0.6) is 11.5 Å². The Labute approximate surface area is 144 Å². The van der Waals surface area contributed by atoms with Crippen LogP contribution in [0.1, 0.15) is 21.2 Å². The lowest BCUT2D eigenvalue weighted by Gasteiger charge is -2.16. The number of benzene rings is 2. The number of rotatable bonds is 8. The van der Waals surface area contributed by atoms with Crippen LogP contribution in [0.3, 0.4) is 0 Å². The van der Waals surface area contributed by atoms with Gasteiger partial charge < -0.3 is 14.6 Å². The van der Waals surface area contributed by atoms with Crippen molar-refractivity contribution in [1.29, 1.82) is 0 Å². The van der Waals surface area contributed by atoms with Gasteiger partial charge in [0.1, 0.15) is 11.5 Å². The maximum atomic E-state index is 12.9. The minimum atomic E-state index is -0.966. The average molecular weight is 346 g/mol. The highest BCUT2D eigenvalue weighted by Gasteiger charge is 2.24. The number of carbonyl (C=O) groups excluding carboxylic acids is 1. The molecule has 0 spiro atoms. The van der Waals surface area contributed by atoms with E-state index < -0.39 is 11.2 Å². The highest BCUT2D eigenvalue weighted by atomic mass is 32.2. The first-order valence-electron chi connectivity index (χ1n) is 7.20. The van der Waals surface area contributed by atoms with E-state index in [9.17, 15) is 9.59 Å². The van der Waals surface area contributed by atoms with Crippen LogP contribution in [0.15, 0.2) is 48.5 Å². The predicted molar refractivity (Wildman–Crippen MR) is 93.2 cm³/mol. The molecule has 0 aliphatic carbocycles. The van der Waals surface area contributed by atoms with Crippen LogP contribution < -0.4 is 9.47 Å². The van der Waals surface area contributed by atoms with E-state index >= 15 is 0 Å². The summed E-state index contributed by atoms with van der Waals surface area (Å²) in [4.78, 5) is 23.9. The second kappa shape index (κ2) is 8.40. The van der Waals surface area contributed by atoms with Gasteiger partial charge in [-0.1, -0.05) is 24.3 Å². The Bertz CT molecular complexity index is 729. The molecular weight excluding hydrogens is 328 g/mol. The molecule has 0 saturated carbocycles. The standard InChI is InChI=1S/C18H18O5S/c1-22-14-7-3-5-12(9-14)17(21)18(24-11-16(19)20)13-6-4-8-15(10-13)23-2/h3-10,18H,11H2,1-2H3,(H,19,20). The molecule has 0 fully saturated rings. The first kappa shape index (κ1) is 17.9. The van der Waals surface area contributed by atoms with Crippen LogP contribution in [-0.2, 0) is 4.79 Å². The summed E-state index contributed by atoms with van der Waals surface area (Å²) in [6.45, 7) is 0. The number of carboxylic acids is 1. The first-order valence-corrected chi connectivity index (χ1v) is 8.25. The molecule has 5 nitrogen and oxygen atoms in total. The summed E-state index contributed by atoms with van der Waals surface area (Å²) in [6, 6.07) is 13.9. The van der Waals surface area contributed by atoms with Crippen molar-refractivity contribution in [1.82, 2.24) is 0 Å². The third-order valence-electron chi connectivity index (χ3n) is 3.36. The van der Waals surface area contributed by atoms with E-state index in [2.05, 4.69) is 0 Å². The zero-order valence-corrected chi connectivity index (χ0v) is 14.2. The van der Waals surface area contributed by atoms with Crippen LogP contribution in [0.2, 0.25) is 0 Å². The van der Waals surface area contributed by atoms with Gasteiger partial charge >= 0.3 is 5.97 Å². The van der Waals surface area contributed by atoms with E-state index in [1.807, 2.05) is 0 Å². The van der Waals surface area contributed by atoms with Gasteiger partial charge in [0, 0.05) is 5.56 Å². The minimum absolute atomic E-state index is 0.169. The van der Waals surface area contributed by atoms with Crippen LogP contribution in [0.4, 0.5) is 0 Å². The molecule has 0 aromatic heterocycles. The second-order valence-electron chi connectivity index (χ2n) is 4.96. The number of methoxy groups -OCH3 is 2. The predicted octanol–water partition coefficient (Wildman–Crippen LogP) is 3.45. The van der Waals surface area contributed by atoms with Crippen molar-refractivity contribution >= 4 is 23.5 Å². The molecule has 0 heterocycles. The molecule has 0 bridgehead atoms. The molecule has 0 saturated heterocycles. The fraction of sp³-hybridized carbons (Fsp3) is 0.222. The van der Waals surface area contributed by atoms with Gasteiger partial charge in [0.2, 0.25) is 0 Å². The fourth-order valence-electron chi connectivity index (χ4n) is 2.21. The van der Waals surface area contributed by atoms with Crippen molar-refractivity contribution in [2.75, 3.05) is 20.0 Å². The van der Waals surface area contributed by atoms with Crippen LogP contribution in [0, 0.1) is 0 Å². The Morgan fingerprint density at radius 3 is 2.29 bits per heavy atom. The van der Waals surface area contributed by atoms with Crippen LogP contribution >= 0.6 is 11.8 Å². The number of hydrogen-bond acceptors (Lipinski definition) is 5. The van der Waals surface area contributed by atoms with Gasteiger partial charge in [-0.2, -0.15) is 0 Å². The van der Waals surface area contributed by atoms with Crippen molar-refractivity contribution in [3.63, 3.8) is 0 Å². The lowest BCUT2D eigenvalue weighted by atomic mass is 10.0. The summed E-state index contributed by atoms with van der Waals surface area (Å²) in [5.41, 5.74) is 1.17. The molecule has 0 radical (unpaired) electrons. The average Bonchev–Trinajstić information content (AvgIpc) is 2.61. The molecule has 0 amide bonds. The molecule has 2 aromatic rings. The monoisotopic (exact) mass is 346 g/mol. The summed E-state index contributed by atoms with van der Waals surface area (Å²) in [5.74, 6) is -0.113. The number of carbonyl (C=O) groups is 2.